The van der Waals surface area contributed by atoms with Crippen molar-refractivity contribution in [2.24, 2.45) is 0 Å². The van der Waals surface area contributed by atoms with Crippen LogP contribution in [0.4, 0.5) is 5.69 Å². The number of carboxylic acids is 1. The first kappa shape index (κ1) is 13.6. The Bertz CT molecular complexity index is 678. The molecule has 0 spiro atoms. The number of para-hydroxylation sites is 1. The summed E-state index contributed by atoms with van der Waals surface area (Å²) in [6.45, 7) is 0. The van der Waals surface area contributed by atoms with Crippen LogP contribution in [-0.4, -0.2) is 19.5 Å². The maximum atomic E-state index is 12.1. The molecule has 19 heavy (non-hydrogen) atoms. The number of benzene rings is 1. The first-order valence-electron chi connectivity index (χ1n) is 5.35. The van der Waals surface area contributed by atoms with Crippen molar-refractivity contribution >= 4 is 33.0 Å². The third-order valence-electron chi connectivity index (χ3n) is 2.36. The van der Waals surface area contributed by atoms with E-state index in [2.05, 4.69) is 4.72 Å². The zero-order valence-electron chi connectivity index (χ0n) is 9.74. The average Bonchev–Trinajstić information content (AvgIpc) is 2.85. The second-order valence-corrected chi connectivity index (χ2v) is 6.62. The van der Waals surface area contributed by atoms with Gasteiger partial charge in [0.1, 0.15) is 4.21 Å². The summed E-state index contributed by atoms with van der Waals surface area (Å²) in [4.78, 5) is 10.7. The molecule has 0 unspecified atom stereocenters. The van der Waals surface area contributed by atoms with Crippen LogP contribution in [0.5, 0.6) is 0 Å². The molecule has 0 fully saturated rings. The normalized spacial score (nSPS) is 11.2. The predicted octanol–water partition coefficient (Wildman–Crippen LogP) is 2.18. The lowest BCUT2D eigenvalue weighted by Crippen LogP contribution is -2.14. The summed E-state index contributed by atoms with van der Waals surface area (Å²) in [7, 11) is -3.65. The second-order valence-electron chi connectivity index (χ2n) is 3.77. The van der Waals surface area contributed by atoms with Crippen molar-refractivity contribution in [1.82, 2.24) is 0 Å². The molecule has 2 N–H and O–H groups in total. The summed E-state index contributed by atoms with van der Waals surface area (Å²) in [5, 5.41) is 10.5. The highest BCUT2D eigenvalue weighted by molar-refractivity contribution is 7.94. The number of thiophene rings is 1. The third kappa shape index (κ3) is 3.33. The van der Waals surface area contributed by atoms with Gasteiger partial charge >= 0.3 is 5.97 Å². The molecular formula is C12H11NO4S2. The Hall–Kier alpha value is -1.86. The van der Waals surface area contributed by atoms with Gasteiger partial charge in [0, 0.05) is 0 Å². The van der Waals surface area contributed by atoms with Gasteiger partial charge in [0.05, 0.1) is 12.1 Å². The molecule has 2 aromatic rings. The van der Waals surface area contributed by atoms with Crippen LogP contribution >= 0.6 is 11.3 Å². The Balaban J connectivity index is 2.31. The van der Waals surface area contributed by atoms with E-state index in [0.29, 0.717) is 11.3 Å². The second kappa shape index (κ2) is 5.41. The van der Waals surface area contributed by atoms with E-state index in [-0.39, 0.29) is 10.6 Å². The van der Waals surface area contributed by atoms with Crippen LogP contribution in [0.2, 0.25) is 0 Å². The molecule has 1 heterocycles. The lowest BCUT2D eigenvalue weighted by molar-refractivity contribution is -0.136. The summed E-state index contributed by atoms with van der Waals surface area (Å²) in [6.07, 6.45) is -0.233. The topological polar surface area (TPSA) is 83.5 Å². The Morgan fingerprint density at radius 2 is 1.95 bits per heavy atom. The van der Waals surface area contributed by atoms with Crippen LogP contribution < -0.4 is 4.72 Å². The Labute approximate surface area is 114 Å². The van der Waals surface area contributed by atoms with E-state index in [1.807, 2.05) is 0 Å². The SMILES string of the molecule is O=C(O)Cc1ccccc1NS(=O)(=O)c1cccs1. The van der Waals surface area contributed by atoms with Crippen LogP contribution in [0.3, 0.4) is 0 Å². The third-order valence-corrected chi connectivity index (χ3v) is 5.13. The molecule has 0 aliphatic heterocycles. The van der Waals surface area contributed by atoms with Gasteiger partial charge in [-0.3, -0.25) is 9.52 Å². The standard InChI is InChI=1S/C12H11NO4S2/c14-11(15)8-9-4-1-2-5-10(9)13-19(16,17)12-6-3-7-18-12/h1-7,13H,8H2,(H,14,15). The van der Waals surface area contributed by atoms with Gasteiger partial charge in [-0.2, -0.15) is 0 Å². The highest BCUT2D eigenvalue weighted by Gasteiger charge is 2.17. The molecule has 0 bridgehead atoms. The van der Waals surface area contributed by atoms with Gasteiger partial charge in [0.2, 0.25) is 0 Å². The summed E-state index contributed by atoms with van der Waals surface area (Å²) >= 11 is 1.10. The molecule has 0 amide bonds. The van der Waals surface area contributed by atoms with E-state index in [1.165, 1.54) is 6.07 Å². The summed E-state index contributed by atoms with van der Waals surface area (Å²) in [6, 6.07) is 9.58. The first-order valence-corrected chi connectivity index (χ1v) is 7.71. The average molecular weight is 297 g/mol. The molecule has 1 aromatic carbocycles. The lowest BCUT2D eigenvalue weighted by Gasteiger charge is -2.10. The fraction of sp³-hybridized carbons (Fsp3) is 0.0833. The number of sulfonamides is 1. The van der Waals surface area contributed by atoms with Crippen molar-refractivity contribution in [3.8, 4) is 0 Å². The Morgan fingerprint density at radius 1 is 1.21 bits per heavy atom. The number of hydrogen-bond donors (Lipinski definition) is 2. The van der Waals surface area contributed by atoms with E-state index >= 15 is 0 Å². The highest BCUT2D eigenvalue weighted by Crippen LogP contribution is 2.23. The molecule has 2 rings (SSSR count). The minimum absolute atomic E-state index is 0.192. The minimum atomic E-state index is -3.65. The number of carboxylic acid groups (broad SMARTS) is 1. The zero-order valence-corrected chi connectivity index (χ0v) is 11.4. The summed E-state index contributed by atoms with van der Waals surface area (Å²) in [5.74, 6) is -1.01. The van der Waals surface area contributed by atoms with Gasteiger partial charge in [0.15, 0.2) is 0 Å². The monoisotopic (exact) mass is 297 g/mol. The van der Waals surface area contributed by atoms with E-state index in [9.17, 15) is 13.2 Å². The van der Waals surface area contributed by atoms with Gasteiger partial charge in [-0.25, -0.2) is 8.42 Å². The molecule has 100 valence electrons. The molecule has 0 aliphatic rings. The largest absolute Gasteiger partial charge is 0.481 e. The smallest absolute Gasteiger partial charge is 0.307 e. The van der Waals surface area contributed by atoms with Gasteiger partial charge in [-0.15, -0.1) is 11.3 Å². The van der Waals surface area contributed by atoms with Gasteiger partial charge in [-0.05, 0) is 23.1 Å². The molecule has 0 aliphatic carbocycles. The number of hydrogen-bond acceptors (Lipinski definition) is 4. The maximum absolute atomic E-state index is 12.1. The molecule has 7 heteroatoms. The van der Waals surface area contributed by atoms with Gasteiger partial charge < -0.3 is 5.11 Å². The van der Waals surface area contributed by atoms with E-state index in [0.717, 1.165) is 11.3 Å². The number of nitrogens with one attached hydrogen (secondary N) is 1. The number of anilines is 1. The van der Waals surface area contributed by atoms with Crippen molar-refractivity contribution < 1.29 is 18.3 Å². The molecule has 0 atom stereocenters. The molecule has 5 nitrogen and oxygen atoms in total. The van der Waals surface area contributed by atoms with E-state index in [4.69, 9.17) is 5.11 Å². The van der Waals surface area contributed by atoms with Crippen molar-refractivity contribution in [2.75, 3.05) is 4.72 Å². The van der Waals surface area contributed by atoms with Crippen LogP contribution in [-0.2, 0) is 21.2 Å². The summed E-state index contributed by atoms with van der Waals surface area (Å²) in [5.41, 5.74) is 0.716. The van der Waals surface area contributed by atoms with E-state index in [1.54, 1.807) is 35.7 Å². The number of rotatable bonds is 5. The van der Waals surface area contributed by atoms with Gasteiger partial charge in [0.25, 0.3) is 10.0 Å². The van der Waals surface area contributed by atoms with Crippen LogP contribution in [0, 0.1) is 0 Å². The maximum Gasteiger partial charge on any atom is 0.307 e. The fourth-order valence-corrected chi connectivity index (χ4v) is 3.64. The summed E-state index contributed by atoms with van der Waals surface area (Å²) < 4.78 is 26.7. The van der Waals surface area contributed by atoms with Crippen molar-refractivity contribution in [3.63, 3.8) is 0 Å². The molecule has 1 aromatic heterocycles. The van der Waals surface area contributed by atoms with Crippen molar-refractivity contribution in [2.45, 2.75) is 10.6 Å². The fourth-order valence-electron chi connectivity index (χ4n) is 1.55. The van der Waals surface area contributed by atoms with Crippen molar-refractivity contribution in [1.29, 1.82) is 0 Å². The van der Waals surface area contributed by atoms with Crippen LogP contribution in [0.15, 0.2) is 46.0 Å². The molecule has 0 radical (unpaired) electrons. The molecule has 0 saturated heterocycles. The number of carbonyl (C=O) groups is 1. The highest BCUT2D eigenvalue weighted by atomic mass is 32.2. The van der Waals surface area contributed by atoms with Crippen LogP contribution in [0.1, 0.15) is 5.56 Å². The lowest BCUT2D eigenvalue weighted by atomic mass is 10.1. The first-order chi connectivity index (χ1) is 8.99. The van der Waals surface area contributed by atoms with Crippen LogP contribution in [0.25, 0.3) is 0 Å². The minimum Gasteiger partial charge on any atom is -0.481 e. The van der Waals surface area contributed by atoms with Gasteiger partial charge in [-0.1, -0.05) is 24.3 Å². The quantitative estimate of drug-likeness (QED) is 0.886. The zero-order chi connectivity index (χ0) is 13.9. The molecule has 0 saturated carbocycles. The predicted molar refractivity (Wildman–Crippen MR) is 72.9 cm³/mol. The Morgan fingerprint density at radius 3 is 2.58 bits per heavy atom. The van der Waals surface area contributed by atoms with E-state index < -0.39 is 16.0 Å². The van der Waals surface area contributed by atoms with Crippen molar-refractivity contribution in [3.05, 3.63) is 47.3 Å². The number of aliphatic carboxylic acids is 1. The Kier molecular flexibility index (Phi) is 3.87. The molecular weight excluding hydrogens is 286 g/mol.